The van der Waals surface area contributed by atoms with Crippen molar-refractivity contribution in [1.82, 2.24) is 0 Å². The first-order valence-electron chi connectivity index (χ1n) is 4.93. The van der Waals surface area contributed by atoms with Crippen LogP contribution in [0.2, 0.25) is 0 Å². The Bertz CT molecular complexity index is 236. The second-order valence-electron chi connectivity index (χ2n) is 2.93. The van der Waals surface area contributed by atoms with E-state index in [-0.39, 0.29) is 0 Å². The van der Waals surface area contributed by atoms with Crippen LogP contribution in [0.15, 0.2) is 24.3 Å². The summed E-state index contributed by atoms with van der Waals surface area (Å²) in [5.74, 6) is 1.56. The SMILES string of the molecule is CCCOc1ccccc1OCCN. The Morgan fingerprint density at radius 2 is 1.64 bits per heavy atom. The molecule has 0 unspecified atom stereocenters. The smallest absolute Gasteiger partial charge is 0.161 e. The topological polar surface area (TPSA) is 44.5 Å². The van der Waals surface area contributed by atoms with Gasteiger partial charge in [0.25, 0.3) is 0 Å². The third kappa shape index (κ3) is 3.26. The van der Waals surface area contributed by atoms with Crippen molar-refractivity contribution in [2.75, 3.05) is 19.8 Å². The monoisotopic (exact) mass is 195 g/mol. The molecule has 0 fully saturated rings. The van der Waals surface area contributed by atoms with Gasteiger partial charge in [0.1, 0.15) is 6.61 Å². The molecule has 0 aliphatic rings. The Hall–Kier alpha value is -1.22. The Kier molecular flexibility index (Phi) is 4.86. The molecule has 0 heterocycles. The van der Waals surface area contributed by atoms with Gasteiger partial charge in [-0.1, -0.05) is 19.1 Å². The van der Waals surface area contributed by atoms with Crippen LogP contribution in [0.3, 0.4) is 0 Å². The Labute approximate surface area is 84.8 Å². The van der Waals surface area contributed by atoms with Crippen molar-refractivity contribution >= 4 is 0 Å². The zero-order chi connectivity index (χ0) is 10.2. The first-order valence-corrected chi connectivity index (χ1v) is 4.93. The molecule has 0 bridgehead atoms. The summed E-state index contributed by atoms with van der Waals surface area (Å²) in [6.45, 7) is 3.82. The second-order valence-corrected chi connectivity index (χ2v) is 2.93. The Balaban J connectivity index is 2.60. The lowest BCUT2D eigenvalue weighted by atomic mass is 10.3. The van der Waals surface area contributed by atoms with Crippen LogP contribution in [0.5, 0.6) is 11.5 Å². The molecule has 0 aromatic heterocycles. The van der Waals surface area contributed by atoms with Gasteiger partial charge < -0.3 is 15.2 Å². The molecule has 3 heteroatoms. The normalized spacial score (nSPS) is 9.86. The van der Waals surface area contributed by atoms with Crippen LogP contribution < -0.4 is 15.2 Å². The summed E-state index contributed by atoms with van der Waals surface area (Å²) in [5.41, 5.74) is 5.36. The average Bonchev–Trinajstić information content (AvgIpc) is 2.24. The Morgan fingerprint density at radius 1 is 1.07 bits per heavy atom. The first kappa shape index (κ1) is 10.9. The number of benzene rings is 1. The fourth-order valence-corrected chi connectivity index (χ4v) is 1.07. The highest BCUT2D eigenvalue weighted by molar-refractivity contribution is 5.39. The van der Waals surface area contributed by atoms with Gasteiger partial charge >= 0.3 is 0 Å². The standard InChI is InChI=1S/C11H17NO2/c1-2-8-13-10-5-3-4-6-11(10)14-9-7-12/h3-6H,2,7-9,12H2,1H3. The lowest BCUT2D eigenvalue weighted by Gasteiger charge is -2.11. The molecule has 1 aromatic rings. The minimum Gasteiger partial charge on any atom is -0.490 e. The van der Waals surface area contributed by atoms with Crippen LogP contribution in [-0.2, 0) is 0 Å². The molecule has 0 amide bonds. The quantitative estimate of drug-likeness (QED) is 0.753. The van der Waals surface area contributed by atoms with Crippen molar-refractivity contribution < 1.29 is 9.47 Å². The second kappa shape index (κ2) is 6.27. The minimum absolute atomic E-state index is 0.516. The summed E-state index contributed by atoms with van der Waals surface area (Å²) < 4.78 is 11.0. The van der Waals surface area contributed by atoms with Crippen LogP contribution in [0.1, 0.15) is 13.3 Å². The van der Waals surface area contributed by atoms with Gasteiger partial charge in [-0.2, -0.15) is 0 Å². The number of hydrogen-bond acceptors (Lipinski definition) is 3. The van der Waals surface area contributed by atoms with Crippen molar-refractivity contribution in [3.8, 4) is 11.5 Å². The maximum atomic E-state index is 5.52. The van der Waals surface area contributed by atoms with Crippen LogP contribution in [0.4, 0.5) is 0 Å². The molecular formula is C11H17NO2. The zero-order valence-electron chi connectivity index (χ0n) is 8.53. The van der Waals surface area contributed by atoms with Gasteiger partial charge in [-0.05, 0) is 18.6 Å². The van der Waals surface area contributed by atoms with Crippen LogP contribution in [0, 0.1) is 0 Å². The largest absolute Gasteiger partial charge is 0.490 e. The number of hydrogen-bond donors (Lipinski definition) is 1. The predicted octanol–water partition coefficient (Wildman–Crippen LogP) is 1.81. The minimum atomic E-state index is 0.516. The van der Waals surface area contributed by atoms with Crippen molar-refractivity contribution in [3.05, 3.63) is 24.3 Å². The predicted molar refractivity (Wildman–Crippen MR) is 56.8 cm³/mol. The molecule has 0 saturated carbocycles. The van der Waals surface area contributed by atoms with Gasteiger partial charge in [0.2, 0.25) is 0 Å². The highest BCUT2D eigenvalue weighted by atomic mass is 16.5. The summed E-state index contributed by atoms with van der Waals surface area (Å²) in [6.07, 6.45) is 0.991. The lowest BCUT2D eigenvalue weighted by Crippen LogP contribution is -2.11. The Morgan fingerprint density at radius 3 is 2.14 bits per heavy atom. The summed E-state index contributed by atoms with van der Waals surface area (Å²) in [6, 6.07) is 7.65. The molecule has 1 rings (SSSR count). The summed E-state index contributed by atoms with van der Waals surface area (Å²) in [7, 11) is 0. The van der Waals surface area contributed by atoms with Crippen molar-refractivity contribution in [1.29, 1.82) is 0 Å². The van der Waals surface area contributed by atoms with Crippen molar-refractivity contribution in [2.24, 2.45) is 5.73 Å². The van der Waals surface area contributed by atoms with E-state index in [1.807, 2.05) is 24.3 Å². The number of ether oxygens (including phenoxy) is 2. The van der Waals surface area contributed by atoms with Crippen LogP contribution in [-0.4, -0.2) is 19.8 Å². The highest BCUT2D eigenvalue weighted by Gasteiger charge is 2.02. The van der Waals surface area contributed by atoms with E-state index in [4.69, 9.17) is 15.2 Å². The molecule has 3 nitrogen and oxygen atoms in total. The fourth-order valence-electron chi connectivity index (χ4n) is 1.07. The number of nitrogens with two attached hydrogens (primary N) is 1. The average molecular weight is 195 g/mol. The van der Waals surface area contributed by atoms with Gasteiger partial charge in [0, 0.05) is 6.54 Å². The maximum absolute atomic E-state index is 5.52. The maximum Gasteiger partial charge on any atom is 0.161 e. The highest BCUT2D eigenvalue weighted by Crippen LogP contribution is 2.26. The molecule has 14 heavy (non-hydrogen) atoms. The molecule has 0 atom stereocenters. The van der Waals surface area contributed by atoms with E-state index in [0.29, 0.717) is 19.8 Å². The zero-order valence-corrected chi connectivity index (χ0v) is 8.53. The summed E-state index contributed by atoms with van der Waals surface area (Å²) in [5, 5.41) is 0. The third-order valence-corrected chi connectivity index (χ3v) is 1.69. The van der Waals surface area contributed by atoms with Gasteiger partial charge in [-0.15, -0.1) is 0 Å². The van der Waals surface area contributed by atoms with E-state index < -0.39 is 0 Å². The van der Waals surface area contributed by atoms with E-state index in [1.165, 1.54) is 0 Å². The molecule has 0 spiro atoms. The summed E-state index contributed by atoms with van der Waals surface area (Å²) >= 11 is 0. The van der Waals surface area contributed by atoms with Crippen molar-refractivity contribution in [2.45, 2.75) is 13.3 Å². The number of para-hydroxylation sites is 2. The van der Waals surface area contributed by atoms with Gasteiger partial charge in [0.15, 0.2) is 11.5 Å². The van der Waals surface area contributed by atoms with E-state index >= 15 is 0 Å². The molecule has 0 aliphatic carbocycles. The molecule has 0 saturated heterocycles. The number of rotatable bonds is 6. The lowest BCUT2D eigenvalue weighted by molar-refractivity contribution is 0.273. The van der Waals surface area contributed by atoms with Crippen LogP contribution >= 0.6 is 0 Å². The van der Waals surface area contributed by atoms with E-state index in [9.17, 15) is 0 Å². The molecule has 2 N–H and O–H groups in total. The van der Waals surface area contributed by atoms with E-state index in [2.05, 4.69) is 6.92 Å². The first-order chi connectivity index (χ1) is 6.88. The molecular weight excluding hydrogens is 178 g/mol. The van der Waals surface area contributed by atoms with Crippen LogP contribution in [0.25, 0.3) is 0 Å². The fraction of sp³-hybridized carbons (Fsp3) is 0.455. The molecule has 1 aromatic carbocycles. The summed E-state index contributed by atoms with van der Waals surface area (Å²) in [4.78, 5) is 0. The van der Waals surface area contributed by atoms with Gasteiger partial charge in [-0.3, -0.25) is 0 Å². The molecule has 78 valence electrons. The van der Waals surface area contributed by atoms with E-state index in [0.717, 1.165) is 17.9 Å². The van der Waals surface area contributed by atoms with Gasteiger partial charge in [0.05, 0.1) is 6.61 Å². The van der Waals surface area contributed by atoms with Crippen molar-refractivity contribution in [3.63, 3.8) is 0 Å². The molecule has 0 aliphatic heterocycles. The van der Waals surface area contributed by atoms with E-state index in [1.54, 1.807) is 0 Å². The third-order valence-electron chi connectivity index (χ3n) is 1.69. The van der Waals surface area contributed by atoms with Gasteiger partial charge in [-0.25, -0.2) is 0 Å². The molecule has 0 radical (unpaired) electrons.